The molecule has 1 atom stereocenters. The summed E-state index contributed by atoms with van der Waals surface area (Å²) in [7, 11) is 0. The Morgan fingerprint density at radius 3 is 2.48 bits per heavy atom. The second-order valence-electron chi connectivity index (χ2n) is 11.3. The van der Waals surface area contributed by atoms with E-state index in [-0.39, 0.29) is 11.9 Å². The third kappa shape index (κ3) is 4.97. The Labute approximate surface area is 234 Å². The number of aromatic amines is 1. The van der Waals surface area contributed by atoms with Crippen molar-refractivity contribution >= 4 is 22.5 Å². The molecule has 0 unspecified atom stereocenters. The molecule has 2 aliphatic heterocycles. The standard InChI is InChI=1S/C32H36N6O2/c39-32(34-31(22-5-1-2-6-22)29-7-3-4-14-33-29)24-10-13-28-27(19-24)30(36-35-28)23-8-11-25(12-9-23)37-15-17-38(18-16-37)26-20-40-21-26/h3-4,7-14,19,22,26,31H,1-2,5-6,15-18,20-21H2,(H,34,39)(H,35,36)/t31-/m1/s1. The van der Waals surface area contributed by atoms with Gasteiger partial charge in [-0.05, 0) is 61.2 Å². The van der Waals surface area contributed by atoms with Gasteiger partial charge in [-0.2, -0.15) is 5.10 Å². The number of carbonyl (C=O) groups is 1. The molecular formula is C32H36N6O2. The quantitative estimate of drug-likeness (QED) is 0.353. The molecule has 4 heterocycles. The van der Waals surface area contributed by atoms with Crippen LogP contribution in [0.25, 0.3) is 22.2 Å². The van der Waals surface area contributed by atoms with Crippen LogP contribution in [0.4, 0.5) is 5.69 Å². The number of fused-ring (bicyclic) bond motifs is 1. The molecule has 2 aromatic heterocycles. The number of H-pyrrole nitrogens is 1. The molecule has 206 valence electrons. The number of piperazine rings is 1. The van der Waals surface area contributed by atoms with Crippen LogP contribution in [0.3, 0.4) is 0 Å². The number of benzene rings is 2. The predicted molar refractivity (Wildman–Crippen MR) is 156 cm³/mol. The van der Waals surface area contributed by atoms with Crippen LogP contribution in [-0.4, -0.2) is 71.4 Å². The molecule has 3 aliphatic rings. The van der Waals surface area contributed by atoms with Gasteiger partial charge in [-0.15, -0.1) is 0 Å². The first-order valence-electron chi connectivity index (χ1n) is 14.6. The van der Waals surface area contributed by atoms with Gasteiger partial charge < -0.3 is 15.0 Å². The van der Waals surface area contributed by atoms with Gasteiger partial charge in [0, 0.05) is 54.6 Å². The van der Waals surface area contributed by atoms with Crippen molar-refractivity contribution < 1.29 is 9.53 Å². The summed E-state index contributed by atoms with van der Waals surface area (Å²) in [6.45, 7) is 5.96. The molecule has 40 heavy (non-hydrogen) atoms. The number of rotatable bonds is 7. The highest BCUT2D eigenvalue weighted by Gasteiger charge is 2.30. The fourth-order valence-electron chi connectivity index (χ4n) is 6.49. The second-order valence-corrected chi connectivity index (χ2v) is 11.3. The summed E-state index contributed by atoms with van der Waals surface area (Å²) in [5.41, 5.74) is 5.63. The van der Waals surface area contributed by atoms with E-state index >= 15 is 0 Å². The van der Waals surface area contributed by atoms with Crippen LogP contribution in [-0.2, 0) is 4.74 Å². The highest BCUT2D eigenvalue weighted by molar-refractivity contribution is 6.01. The average molecular weight is 537 g/mol. The Kier molecular flexibility index (Phi) is 6.95. The minimum absolute atomic E-state index is 0.0699. The van der Waals surface area contributed by atoms with E-state index in [0.717, 1.165) is 80.1 Å². The molecule has 0 bridgehead atoms. The summed E-state index contributed by atoms with van der Waals surface area (Å²) in [4.78, 5) is 23.1. The Bertz CT molecular complexity index is 1450. The number of carbonyl (C=O) groups excluding carboxylic acids is 1. The molecule has 0 radical (unpaired) electrons. The maximum Gasteiger partial charge on any atom is 0.251 e. The van der Waals surface area contributed by atoms with Gasteiger partial charge in [-0.1, -0.05) is 31.0 Å². The summed E-state index contributed by atoms with van der Waals surface area (Å²) in [5, 5.41) is 12.0. The van der Waals surface area contributed by atoms with Crippen LogP contribution in [0.2, 0.25) is 0 Å². The van der Waals surface area contributed by atoms with Gasteiger partial charge in [-0.3, -0.25) is 19.8 Å². The van der Waals surface area contributed by atoms with Gasteiger partial charge in [0.2, 0.25) is 0 Å². The monoisotopic (exact) mass is 536 g/mol. The number of hydrogen-bond acceptors (Lipinski definition) is 6. The number of pyridine rings is 1. The third-order valence-electron chi connectivity index (χ3n) is 8.95. The minimum atomic E-state index is -0.0767. The van der Waals surface area contributed by atoms with Crippen LogP contribution in [0.5, 0.6) is 0 Å². The maximum absolute atomic E-state index is 13.5. The van der Waals surface area contributed by atoms with Crippen molar-refractivity contribution in [2.45, 2.75) is 37.8 Å². The van der Waals surface area contributed by atoms with Gasteiger partial charge >= 0.3 is 0 Å². The topological polar surface area (TPSA) is 86.4 Å². The molecule has 1 amide bonds. The lowest BCUT2D eigenvalue weighted by Crippen LogP contribution is -2.56. The number of anilines is 1. The average Bonchev–Trinajstić information content (AvgIpc) is 3.66. The molecule has 2 aromatic carbocycles. The number of nitrogens with zero attached hydrogens (tertiary/aromatic N) is 4. The van der Waals surface area contributed by atoms with E-state index < -0.39 is 0 Å². The molecule has 7 rings (SSSR count). The van der Waals surface area contributed by atoms with Crippen LogP contribution in [0, 0.1) is 5.92 Å². The number of hydrogen-bond donors (Lipinski definition) is 2. The van der Waals surface area contributed by atoms with E-state index in [1.807, 2.05) is 42.6 Å². The van der Waals surface area contributed by atoms with Gasteiger partial charge in [0.15, 0.2) is 0 Å². The number of aromatic nitrogens is 3. The molecule has 1 aliphatic carbocycles. The summed E-state index contributed by atoms with van der Waals surface area (Å²) in [6, 6.07) is 20.9. The highest BCUT2D eigenvalue weighted by Crippen LogP contribution is 2.35. The third-order valence-corrected chi connectivity index (χ3v) is 8.95. The van der Waals surface area contributed by atoms with E-state index in [1.165, 1.54) is 18.5 Å². The number of amides is 1. The molecule has 8 nitrogen and oxygen atoms in total. The molecule has 3 fully saturated rings. The van der Waals surface area contributed by atoms with Gasteiger partial charge in [-0.25, -0.2) is 0 Å². The summed E-state index contributed by atoms with van der Waals surface area (Å²) >= 11 is 0. The normalized spacial score (nSPS) is 19.6. The van der Waals surface area contributed by atoms with E-state index in [9.17, 15) is 4.79 Å². The molecule has 8 heteroatoms. The molecule has 2 N–H and O–H groups in total. The summed E-state index contributed by atoms with van der Waals surface area (Å²) in [5.74, 6) is 0.348. The lowest BCUT2D eigenvalue weighted by molar-refractivity contribution is -0.0660. The van der Waals surface area contributed by atoms with Crippen molar-refractivity contribution in [2.75, 3.05) is 44.3 Å². The van der Waals surface area contributed by atoms with Crippen molar-refractivity contribution in [2.24, 2.45) is 5.92 Å². The van der Waals surface area contributed by atoms with Gasteiger partial charge in [0.05, 0.1) is 42.2 Å². The Morgan fingerprint density at radius 2 is 1.77 bits per heavy atom. The van der Waals surface area contributed by atoms with Crippen LogP contribution < -0.4 is 10.2 Å². The van der Waals surface area contributed by atoms with E-state index in [0.29, 0.717) is 17.5 Å². The smallest absolute Gasteiger partial charge is 0.251 e. The molecule has 0 spiro atoms. The highest BCUT2D eigenvalue weighted by atomic mass is 16.5. The van der Waals surface area contributed by atoms with E-state index in [2.05, 4.69) is 54.6 Å². The minimum Gasteiger partial charge on any atom is -0.378 e. The van der Waals surface area contributed by atoms with Crippen LogP contribution in [0.1, 0.15) is 47.8 Å². The largest absolute Gasteiger partial charge is 0.378 e. The lowest BCUT2D eigenvalue weighted by atomic mass is 9.94. The summed E-state index contributed by atoms with van der Waals surface area (Å²) in [6.07, 6.45) is 6.46. The predicted octanol–water partition coefficient (Wildman–Crippen LogP) is 4.81. The molecule has 4 aromatic rings. The Balaban J connectivity index is 1.08. The lowest BCUT2D eigenvalue weighted by Gasteiger charge is -2.43. The van der Waals surface area contributed by atoms with Gasteiger partial charge in [0.1, 0.15) is 0 Å². The zero-order chi connectivity index (χ0) is 26.9. The maximum atomic E-state index is 13.5. The number of nitrogens with one attached hydrogen (secondary N) is 2. The van der Waals surface area contributed by atoms with E-state index in [4.69, 9.17) is 4.74 Å². The molecule has 1 saturated carbocycles. The van der Waals surface area contributed by atoms with Crippen molar-refractivity contribution in [3.8, 4) is 11.3 Å². The van der Waals surface area contributed by atoms with Crippen molar-refractivity contribution in [1.82, 2.24) is 25.4 Å². The van der Waals surface area contributed by atoms with Crippen LogP contribution >= 0.6 is 0 Å². The Hall–Kier alpha value is -3.75. The molecular weight excluding hydrogens is 500 g/mol. The van der Waals surface area contributed by atoms with Crippen molar-refractivity contribution in [3.05, 3.63) is 78.1 Å². The van der Waals surface area contributed by atoms with Gasteiger partial charge in [0.25, 0.3) is 5.91 Å². The SMILES string of the molecule is O=C(N[C@@H](c1ccccn1)C1CCCC1)c1ccc2[nH]nc(-c3ccc(N4CCN(C5COC5)CC4)cc3)c2c1. The van der Waals surface area contributed by atoms with E-state index in [1.54, 1.807) is 0 Å². The van der Waals surface area contributed by atoms with Crippen LogP contribution in [0.15, 0.2) is 66.9 Å². The first-order chi connectivity index (χ1) is 19.7. The first kappa shape index (κ1) is 25.2. The zero-order valence-corrected chi connectivity index (χ0v) is 22.8. The Morgan fingerprint density at radius 1 is 0.975 bits per heavy atom. The van der Waals surface area contributed by atoms with Crippen molar-refractivity contribution in [1.29, 1.82) is 0 Å². The number of ether oxygens (including phenoxy) is 1. The zero-order valence-electron chi connectivity index (χ0n) is 22.8. The fourth-order valence-corrected chi connectivity index (χ4v) is 6.49. The molecule has 2 saturated heterocycles. The van der Waals surface area contributed by atoms with Crippen molar-refractivity contribution in [3.63, 3.8) is 0 Å². The first-order valence-corrected chi connectivity index (χ1v) is 14.6. The fraction of sp³-hybridized carbons (Fsp3) is 0.406. The summed E-state index contributed by atoms with van der Waals surface area (Å²) < 4.78 is 5.37. The second kappa shape index (κ2) is 11.0.